The highest BCUT2D eigenvalue weighted by Gasteiger charge is 2.23. The van der Waals surface area contributed by atoms with Crippen LogP contribution in [0.2, 0.25) is 0 Å². The van der Waals surface area contributed by atoms with Gasteiger partial charge in [0.15, 0.2) is 0 Å². The molecule has 1 aromatic carbocycles. The van der Waals surface area contributed by atoms with Crippen LogP contribution in [0.5, 0.6) is 0 Å². The van der Waals surface area contributed by atoms with Gasteiger partial charge >= 0.3 is 6.03 Å². The summed E-state index contributed by atoms with van der Waals surface area (Å²) in [4.78, 5) is 12.9. The molecule has 0 bridgehead atoms. The standard InChI is InChI=1S/C19H22N4O/c1-3-9-16-17(10-4-2)21-23(19(24)22-14-8-13-20-22)18(16)15-11-6-5-7-12-15/h5-8,11-14H,3-4,9-10H2,1-2H3. The first kappa shape index (κ1) is 16.2. The predicted octanol–water partition coefficient (Wildman–Crippen LogP) is 4.17. The lowest BCUT2D eigenvalue weighted by atomic mass is 10.00. The summed E-state index contributed by atoms with van der Waals surface area (Å²) in [5, 5.41) is 8.72. The lowest BCUT2D eigenvalue weighted by molar-refractivity contribution is 0.238. The van der Waals surface area contributed by atoms with Crippen LogP contribution in [-0.2, 0) is 12.8 Å². The average Bonchev–Trinajstić information content (AvgIpc) is 3.25. The third-order valence-electron chi connectivity index (χ3n) is 3.98. The summed E-state index contributed by atoms with van der Waals surface area (Å²) in [5.41, 5.74) is 4.09. The van der Waals surface area contributed by atoms with Crippen molar-refractivity contribution in [2.45, 2.75) is 39.5 Å². The van der Waals surface area contributed by atoms with Crippen molar-refractivity contribution in [2.24, 2.45) is 0 Å². The lowest BCUT2D eigenvalue weighted by Crippen LogP contribution is -2.22. The number of hydrogen-bond donors (Lipinski definition) is 0. The van der Waals surface area contributed by atoms with E-state index in [1.807, 2.05) is 30.3 Å². The van der Waals surface area contributed by atoms with E-state index >= 15 is 0 Å². The molecule has 0 fully saturated rings. The van der Waals surface area contributed by atoms with Crippen LogP contribution in [0, 0.1) is 0 Å². The normalized spacial score (nSPS) is 10.9. The lowest BCUT2D eigenvalue weighted by Gasteiger charge is -2.08. The minimum absolute atomic E-state index is 0.251. The fraction of sp³-hybridized carbons (Fsp3) is 0.316. The molecule has 0 aliphatic carbocycles. The summed E-state index contributed by atoms with van der Waals surface area (Å²) in [6.45, 7) is 4.28. The molecule has 0 aliphatic rings. The first-order valence-electron chi connectivity index (χ1n) is 8.46. The molecule has 0 spiro atoms. The highest BCUT2D eigenvalue weighted by molar-refractivity contribution is 5.84. The fourth-order valence-electron chi connectivity index (χ4n) is 2.96. The van der Waals surface area contributed by atoms with Gasteiger partial charge in [0.05, 0.1) is 11.4 Å². The molecule has 0 N–H and O–H groups in total. The van der Waals surface area contributed by atoms with E-state index in [4.69, 9.17) is 0 Å². The van der Waals surface area contributed by atoms with E-state index in [0.29, 0.717) is 0 Å². The highest BCUT2D eigenvalue weighted by Crippen LogP contribution is 2.28. The van der Waals surface area contributed by atoms with Gasteiger partial charge in [-0.3, -0.25) is 0 Å². The van der Waals surface area contributed by atoms with Gasteiger partial charge < -0.3 is 0 Å². The van der Waals surface area contributed by atoms with Crippen LogP contribution in [0.4, 0.5) is 4.79 Å². The zero-order valence-electron chi connectivity index (χ0n) is 14.1. The summed E-state index contributed by atoms with van der Waals surface area (Å²) in [7, 11) is 0. The molecule has 0 radical (unpaired) electrons. The maximum Gasteiger partial charge on any atom is 0.369 e. The van der Waals surface area contributed by atoms with Crippen LogP contribution in [0.3, 0.4) is 0 Å². The van der Waals surface area contributed by atoms with Crippen LogP contribution in [0.25, 0.3) is 11.3 Å². The number of rotatable bonds is 5. The number of aromatic nitrogens is 4. The molecule has 24 heavy (non-hydrogen) atoms. The van der Waals surface area contributed by atoms with Crippen molar-refractivity contribution in [3.8, 4) is 11.3 Å². The van der Waals surface area contributed by atoms with Crippen molar-refractivity contribution >= 4 is 6.03 Å². The molecule has 3 rings (SSSR count). The van der Waals surface area contributed by atoms with Crippen LogP contribution in [0.1, 0.15) is 37.9 Å². The Kier molecular flexibility index (Phi) is 4.89. The van der Waals surface area contributed by atoms with Crippen molar-refractivity contribution in [2.75, 3.05) is 0 Å². The second-order valence-corrected chi connectivity index (χ2v) is 5.78. The van der Waals surface area contributed by atoms with Gasteiger partial charge in [0.1, 0.15) is 0 Å². The molecule has 5 nitrogen and oxygen atoms in total. The molecular formula is C19H22N4O. The molecule has 2 heterocycles. The minimum atomic E-state index is -0.251. The smallest absolute Gasteiger partial charge is 0.244 e. The maximum atomic E-state index is 12.9. The Hall–Kier alpha value is -2.69. The van der Waals surface area contributed by atoms with Crippen LogP contribution in [-0.4, -0.2) is 25.6 Å². The van der Waals surface area contributed by atoms with Gasteiger partial charge in [-0.05, 0) is 18.9 Å². The number of benzene rings is 1. The van der Waals surface area contributed by atoms with Gasteiger partial charge in [0.2, 0.25) is 0 Å². The number of carbonyl (C=O) groups excluding carboxylic acids is 1. The Balaban J connectivity index is 2.19. The zero-order chi connectivity index (χ0) is 16.9. The van der Waals surface area contributed by atoms with Crippen LogP contribution in [0.15, 0.2) is 48.8 Å². The van der Waals surface area contributed by atoms with Crippen molar-refractivity contribution in [3.63, 3.8) is 0 Å². The van der Waals surface area contributed by atoms with Gasteiger partial charge in [-0.2, -0.15) is 19.6 Å². The van der Waals surface area contributed by atoms with Crippen molar-refractivity contribution in [1.82, 2.24) is 19.6 Å². The molecule has 0 unspecified atom stereocenters. The van der Waals surface area contributed by atoms with Crippen molar-refractivity contribution in [3.05, 3.63) is 60.0 Å². The van der Waals surface area contributed by atoms with E-state index in [9.17, 15) is 4.79 Å². The summed E-state index contributed by atoms with van der Waals surface area (Å²) in [6, 6.07) is 11.5. The zero-order valence-corrected chi connectivity index (χ0v) is 14.1. The number of nitrogens with zero attached hydrogens (tertiary/aromatic N) is 4. The van der Waals surface area contributed by atoms with Crippen molar-refractivity contribution < 1.29 is 4.79 Å². The second kappa shape index (κ2) is 7.25. The van der Waals surface area contributed by atoms with Gasteiger partial charge in [0, 0.05) is 23.5 Å². The topological polar surface area (TPSA) is 52.7 Å². The van der Waals surface area contributed by atoms with Crippen LogP contribution >= 0.6 is 0 Å². The number of hydrogen-bond acceptors (Lipinski definition) is 3. The summed E-state index contributed by atoms with van der Waals surface area (Å²) in [5.74, 6) is 0. The van der Waals surface area contributed by atoms with Gasteiger partial charge in [-0.15, -0.1) is 0 Å². The Morgan fingerprint density at radius 2 is 1.79 bits per heavy atom. The molecule has 3 aromatic rings. The average molecular weight is 322 g/mol. The Morgan fingerprint density at radius 3 is 2.42 bits per heavy atom. The summed E-state index contributed by atoms with van der Waals surface area (Å²) in [6.07, 6.45) is 7.04. The van der Waals surface area contributed by atoms with E-state index in [1.54, 1.807) is 18.5 Å². The van der Waals surface area contributed by atoms with Crippen molar-refractivity contribution in [1.29, 1.82) is 0 Å². The van der Waals surface area contributed by atoms with E-state index in [0.717, 1.165) is 42.6 Å². The van der Waals surface area contributed by atoms with E-state index < -0.39 is 0 Å². The maximum absolute atomic E-state index is 12.9. The van der Waals surface area contributed by atoms with Gasteiger partial charge in [-0.25, -0.2) is 4.79 Å². The molecule has 0 atom stereocenters. The van der Waals surface area contributed by atoms with E-state index in [2.05, 4.69) is 24.0 Å². The van der Waals surface area contributed by atoms with Gasteiger partial charge in [-0.1, -0.05) is 57.0 Å². The predicted molar refractivity (Wildman–Crippen MR) is 94.1 cm³/mol. The largest absolute Gasteiger partial charge is 0.369 e. The Morgan fingerprint density at radius 1 is 1.04 bits per heavy atom. The molecule has 0 saturated carbocycles. The Labute approximate surface area is 141 Å². The first-order valence-corrected chi connectivity index (χ1v) is 8.46. The molecule has 2 aromatic heterocycles. The molecule has 124 valence electrons. The minimum Gasteiger partial charge on any atom is -0.244 e. The molecule has 0 aliphatic heterocycles. The van der Waals surface area contributed by atoms with E-state index in [-0.39, 0.29) is 6.03 Å². The highest BCUT2D eigenvalue weighted by atomic mass is 16.2. The monoisotopic (exact) mass is 322 g/mol. The first-order chi connectivity index (χ1) is 11.8. The SMILES string of the molecule is CCCc1nn(C(=O)n2cccn2)c(-c2ccccc2)c1CCC. The molecular weight excluding hydrogens is 300 g/mol. The Bertz CT molecular complexity index is 804. The van der Waals surface area contributed by atoms with E-state index in [1.165, 1.54) is 14.9 Å². The molecule has 5 heteroatoms. The molecule has 0 saturated heterocycles. The van der Waals surface area contributed by atoms with Crippen LogP contribution < -0.4 is 0 Å². The number of carbonyl (C=O) groups is 1. The summed E-state index contributed by atoms with van der Waals surface area (Å²) < 4.78 is 2.84. The third-order valence-corrected chi connectivity index (χ3v) is 3.98. The molecule has 0 amide bonds. The number of aryl methyl sites for hydroxylation is 1. The summed E-state index contributed by atoms with van der Waals surface area (Å²) >= 11 is 0. The van der Waals surface area contributed by atoms with Gasteiger partial charge in [0.25, 0.3) is 0 Å². The fourth-order valence-corrected chi connectivity index (χ4v) is 2.96. The quantitative estimate of drug-likeness (QED) is 0.708. The third kappa shape index (κ3) is 3.02. The second-order valence-electron chi connectivity index (χ2n) is 5.78.